The summed E-state index contributed by atoms with van der Waals surface area (Å²) in [6.45, 7) is 0. The summed E-state index contributed by atoms with van der Waals surface area (Å²) in [5.41, 5.74) is 0.497. The Morgan fingerprint density at radius 1 is 1.05 bits per heavy atom. The maximum absolute atomic E-state index is 13.7. The molecule has 2 aromatic carbocycles. The van der Waals surface area contributed by atoms with Gasteiger partial charge >= 0.3 is 0 Å². The molecule has 100 valence electrons. The van der Waals surface area contributed by atoms with Gasteiger partial charge in [-0.1, -0.05) is 17.3 Å². The van der Waals surface area contributed by atoms with E-state index in [4.69, 9.17) is 9.63 Å². The molecule has 0 unspecified atom stereocenters. The molecule has 20 heavy (non-hydrogen) atoms. The van der Waals surface area contributed by atoms with Crippen LogP contribution in [0, 0.1) is 11.6 Å². The van der Waals surface area contributed by atoms with Gasteiger partial charge in [-0.2, -0.15) is 4.98 Å². The van der Waals surface area contributed by atoms with Crippen LogP contribution in [0.25, 0.3) is 22.8 Å². The fourth-order valence-electron chi connectivity index (χ4n) is 1.76. The number of rotatable bonds is 2. The SMILES string of the molecule is Oc1ccc(-c2nc(-c3cccc(F)c3)no2)c(F)c1. The maximum atomic E-state index is 13.7. The number of halogens is 2. The lowest BCUT2D eigenvalue weighted by Crippen LogP contribution is -1.85. The number of phenolic OH excluding ortho intramolecular Hbond substituents is 1. The number of hydrogen-bond donors (Lipinski definition) is 1. The maximum Gasteiger partial charge on any atom is 0.261 e. The Labute approximate surface area is 112 Å². The summed E-state index contributed by atoms with van der Waals surface area (Å²) >= 11 is 0. The van der Waals surface area contributed by atoms with Crippen LogP contribution in [0.4, 0.5) is 8.78 Å². The van der Waals surface area contributed by atoms with Crippen LogP contribution >= 0.6 is 0 Å². The minimum atomic E-state index is -0.681. The number of aromatic nitrogens is 2. The smallest absolute Gasteiger partial charge is 0.261 e. The molecule has 1 N–H and O–H groups in total. The van der Waals surface area contributed by atoms with Crippen LogP contribution in [0.5, 0.6) is 5.75 Å². The molecule has 0 atom stereocenters. The van der Waals surface area contributed by atoms with E-state index in [1.165, 1.54) is 30.3 Å². The molecule has 0 aliphatic heterocycles. The van der Waals surface area contributed by atoms with E-state index >= 15 is 0 Å². The van der Waals surface area contributed by atoms with Crippen LogP contribution in [0.1, 0.15) is 0 Å². The normalized spacial score (nSPS) is 10.7. The zero-order chi connectivity index (χ0) is 14.1. The lowest BCUT2D eigenvalue weighted by atomic mass is 10.2. The highest BCUT2D eigenvalue weighted by Gasteiger charge is 2.15. The van der Waals surface area contributed by atoms with Crippen molar-refractivity contribution in [3.05, 3.63) is 54.1 Å². The Morgan fingerprint density at radius 2 is 1.90 bits per heavy atom. The second-order valence-electron chi connectivity index (χ2n) is 4.10. The number of phenols is 1. The van der Waals surface area contributed by atoms with Crippen molar-refractivity contribution in [1.82, 2.24) is 10.1 Å². The van der Waals surface area contributed by atoms with Gasteiger partial charge in [0.2, 0.25) is 5.82 Å². The lowest BCUT2D eigenvalue weighted by Gasteiger charge is -1.97. The third-order valence-corrected chi connectivity index (χ3v) is 2.69. The van der Waals surface area contributed by atoms with Crippen molar-refractivity contribution in [3.8, 4) is 28.6 Å². The number of aromatic hydroxyl groups is 1. The first-order chi connectivity index (χ1) is 9.63. The highest BCUT2D eigenvalue weighted by atomic mass is 19.1. The molecule has 0 spiro atoms. The molecule has 4 nitrogen and oxygen atoms in total. The average Bonchev–Trinajstić information content (AvgIpc) is 2.88. The van der Waals surface area contributed by atoms with Crippen molar-refractivity contribution in [2.75, 3.05) is 0 Å². The molecule has 0 saturated heterocycles. The highest BCUT2D eigenvalue weighted by molar-refractivity contribution is 5.60. The van der Waals surface area contributed by atoms with Crippen molar-refractivity contribution in [2.45, 2.75) is 0 Å². The average molecular weight is 274 g/mol. The topological polar surface area (TPSA) is 59.2 Å². The van der Waals surface area contributed by atoms with E-state index in [0.29, 0.717) is 5.56 Å². The third kappa shape index (κ3) is 2.23. The van der Waals surface area contributed by atoms with E-state index in [-0.39, 0.29) is 23.0 Å². The van der Waals surface area contributed by atoms with E-state index in [0.717, 1.165) is 6.07 Å². The second-order valence-corrected chi connectivity index (χ2v) is 4.10. The zero-order valence-electron chi connectivity index (χ0n) is 10.0. The summed E-state index contributed by atoms with van der Waals surface area (Å²) in [6.07, 6.45) is 0. The first kappa shape index (κ1) is 12.3. The minimum absolute atomic E-state index is 0.0400. The van der Waals surface area contributed by atoms with Crippen molar-refractivity contribution in [1.29, 1.82) is 0 Å². The predicted octanol–water partition coefficient (Wildman–Crippen LogP) is 3.39. The fraction of sp³-hybridized carbons (Fsp3) is 0. The standard InChI is InChI=1S/C14H8F2N2O2/c15-9-3-1-2-8(6-9)13-17-14(20-18-13)11-5-4-10(19)7-12(11)16/h1-7,19H. The molecule has 0 saturated carbocycles. The van der Waals surface area contributed by atoms with E-state index < -0.39 is 11.6 Å². The summed E-state index contributed by atoms with van der Waals surface area (Å²) < 4.78 is 31.7. The zero-order valence-corrected chi connectivity index (χ0v) is 10.0. The summed E-state index contributed by atoms with van der Waals surface area (Å²) in [5.74, 6) is -1.19. The van der Waals surface area contributed by atoms with Gasteiger partial charge in [0.1, 0.15) is 17.4 Å². The molecule has 0 bridgehead atoms. The van der Waals surface area contributed by atoms with E-state index in [1.54, 1.807) is 6.07 Å². The van der Waals surface area contributed by atoms with Gasteiger partial charge in [0.15, 0.2) is 0 Å². The van der Waals surface area contributed by atoms with Gasteiger partial charge in [0.25, 0.3) is 5.89 Å². The predicted molar refractivity (Wildman–Crippen MR) is 66.8 cm³/mol. The molecule has 0 aliphatic carbocycles. The molecule has 0 radical (unpaired) electrons. The molecule has 3 rings (SSSR count). The van der Waals surface area contributed by atoms with Gasteiger partial charge in [-0.05, 0) is 24.3 Å². The summed E-state index contributed by atoms with van der Waals surface area (Å²) in [4.78, 5) is 4.02. The Morgan fingerprint density at radius 3 is 2.65 bits per heavy atom. The van der Waals surface area contributed by atoms with Gasteiger partial charge in [-0.3, -0.25) is 0 Å². The van der Waals surface area contributed by atoms with Crippen LogP contribution < -0.4 is 0 Å². The molecule has 3 aromatic rings. The molecule has 6 heteroatoms. The monoisotopic (exact) mass is 274 g/mol. The fourth-order valence-corrected chi connectivity index (χ4v) is 1.76. The minimum Gasteiger partial charge on any atom is -0.508 e. The molecule has 1 aromatic heterocycles. The number of nitrogens with zero attached hydrogens (tertiary/aromatic N) is 2. The quantitative estimate of drug-likeness (QED) is 0.778. The first-order valence-electron chi connectivity index (χ1n) is 5.72. The largest absolute Gasteiger partial charge is 0.508 e. The Hall–Kier alpha value is -2.76. The molecule has 0 aliphatic rings. The van der Waals surface area contributed by atoms with E-state index in [2.05, 4.69) is 10.1 Å². The highest BCUT2D eigenvalue weighted by Crippen LogP contribution is 2.26. The molecule has 1 heterocycles. The lowest BCUT2D eigenvalue weighted by molar-refractivity contribution is 0.428. The van der Waals surface area contributed by atoms with Crippen molar-refractivity contribution >= 4 is 0 Å². The van der Waals surface area contributed by atoms with Gasteiger partial charge in [0.05, 0.1) is 5.56 Å². The number of benzene rings is 2. The summed E-state index contributed by atoms with van der Waals surface area (Å²) in [7, 11) is 0. The van der Waals surface area contributed by atoms with Crippen molar-refractivity contribution in [3.63, 3.8) is 0 Å². The Kier molecular flexibility index (Phi) is 2.90. The number of hydrogen-bond acceptors (Lipinski definition) is 4. The van der Waals surface area contributed by atoms with Gasteiger partial charge in [-0.15, -0.1) is 0 Å². The second kappa shape index (κ2) is 4.73. The van der Waals surface area contributed by atoms with Crippen LogP contribution in [0.2, 0.25) is 0 Å². The van der Waals surface area contributed by atoms with Crippen LogP contribution in [0.3, 0.4) is 0 Å². The van der Waals surface area contributed by atoms with Crippen LogP contribution in [0.15, 0.2) is 47.0 Å². The third-order valence-electron chi connectivity index (χ3n) is 2.69. The van der Waals surface area contributed by atoms with Crippen LogP contribution in [-0.4, -0.2) is 15.2 Å². The molecular weight excluding hydrogens is 266 g/mol. The Bertz CT molecular complexity index is 771. The summed E-state index contributed by atoms with van der Waals surface area (Å²) in [5, 5.41) is 12.8. The molecular formula is C14H8F2N2O2. The van der Waals surface area contributed by atoms with E-state index in [9.17, 15) is 8.78 Å². The summed E-state index contributed by atoms with van der Waals surface area (Å²) in [6, 6.07) is 9.26. The Balaban J connectivity index is 2.02. The van der Waals surface area contributed by atoms with Crippen molar-refractivity contribution in [2.24, 2.45) is 0 Å². The van der Waals surface area contributed by atoms with Gasteiger partial charge in [-0.25, -0.2) is 8.78 Å². The molecule has 0 amide bonds. The van der Waals surface area contributed by atoms with E-state index in [1.807, 2.05) is 0 Å². The first-order valence-corrected chi connectivity index (χ1v) is 5.72. The van der Waals surface area contributed by atoms with Crippen molar-refractivity contribution < 1.29 is 18.4 Å². The van der Waals surface area contributed by atoms with Gasteiger partial charge < -0.3 is 9.63 Å². The van der Waals surface area contributed by atoms with Gasteiger partial charge in [0, 0.05) is 11.6 Å². The van der Waals surface area contributed by atoms with Crippen LogP contribution in [-0.2, 0) is 0 Å². The molecule has 0 fully saturated rings.